The van der Waals surface area contributed by atoms with Crippen LogP contribution in [0.3, 0.4) is 0 Å². The molecule has 0 radical (unpaired) electrons. The summed E-state index contributed by atoms with van der Waals surface area (Å²) >= 11 is 0. The molecule has 1 fully saturated rings. The van der Waals surface area contributed by atoms with Crippen LogP contribution in [0.5, 0.6) is 0 Å². The number of hydrogen-bond donors (Lipinski definition) is 7. The van der Waals surface area contributed by atoms with Crippen LogP contribution in [0.2, 0.25) is 0 Å². The van der Waals surface area contributed by atoms with Crippen molar-refractivity contribution in [1.29, 1.82) is 0 Å². The zero-order chi connectivity index (χ0) is 30.6. The monoisotopic (exact) mass is 625 g/mol. The maximum Gasteiger partial charge on any atom is 0.335 e. The molecule has 1 aliphatic heterocycles. The molecule has 2 rings (SSSR count). The van der Waals surface area contributed by atoms with Crippen molar-refractivity contribution < 1.29 is 53.0 Å². The van der Waals surface area contributed by atoms with E-state index in [0.717, 1.165) is 6.08 Å². The summed E-state index contributed by atoms with van der Waals surface area (Å²) in [6, 6.07) is 0. The first kappa shape index (κ1) is 35.1. The molecule has 1 saturated heterocycles. The number of aliphatic hydroxyl groups is 1. The molecule has 0 amide bonds. The van der Waals surface area contributed by atoms with E-state index in [9.17, 15) is 47.9 Å². The Hall–Kier alpha value is -2.05. The van der Waals surface area contributed by atoms with Gasteiger partial charge in [-0.2, -0.15) is 0 Å². The van der Waals surface area contributed by atoms with Gasteiger partial charge < -0.3 is 30.2 Å². The average Bonchev–Trinajstić information content (AvgIpc) is 2.88. The van der Waals surface area contributed by atoms with Gasteiger partial charge >= 0.3 is 17.9 Å². The van der Waals surface area contributed by atoms with Crippen LogP contribution in [-0.2, 0) is 24.4 Å². The SMILES string of the molecule is O=C(O)CN1CCN(CC(O)CNS(=O)(=O)C2=CC(C(=O)O)=CCC2)CCN(CC(=O)O)CCN(CP(O)O)CC1. The van der Waals surface area contributed by atoms with Gasteiger partial charge in [0.05, 0.1) is 36.0 Å². The number of nitrogens with one attached hydrogen (secondary N) is 1. The minimum absolute atomic E-state index is 0.00904. The van der Waals surface area contributed by atoms with Crippen molar-refractivity contribution in [1.82, 2.24) is 24.3 Å². The van der Waals surface area contributed by atoms with E-state index < -0.39 is 42.4 Å². The summed E-state index contributed by atoms with van der Waals surface area (Å²) in [6.45, 7) is 1.54. The average molecular weight is 626 g/mol. The first-order valence-corrected chi connectivity index (χ1v) is 16.0. The predicted molar refractivity (Wildman–Crippen MR) is 148 cm³/mol. The molecule has 1 heterocycles. The Labute approximate surface area is 240 Å². The van der Waals surface area contributed by atoms with Crippen molar-refractivity contribution in [2.45, 2.75) is 18.9 Å². The number of β-amino-alcohol motifs (C(OH)–C–C–N with tert-alkyl or cyclic N) is 1. The van der Waals surface area contributed by atoms with Gasteiger partial charge in [0.1, 0.15) is 0 Å². The lowest BCUT2D eigenvalue weighted by Crippen LogP contribution is -2.49. The van der Waals surface area contributed by atoms with Crippen molar-refractivity contribution in [3.8, 4) is 0 Å². The number of rotatable bonds is 13. The molecule has 1 atom stereocenters. The zero-order valence-corrected chi connectivity index (χ0v) is 24.4. The van der Waals surface area contributed by atoms with E-state index in [1.165, 1.54) is 6.08 Å². The second-order valence-electron chi connectivity index (χ2n) is 9.89. The van der Waals surface area contributed by atoms with Crippen LogP contribution in [0.1, 0.15) is 12.8 Å². The van der Waals surface area contributed by atoms with Gasteiger partial charge in [0, 0.05) is 65.4 Å². The van der Waals surface area contributed by atoms with E-state index in [1.54, 1.807) is 19.6 Å². The highest BCUT2D eigenvalue weighted by atomic mass is 32.2. The van der Waals surface area contributed by atoms with Crippen molar-refractivity contribution in [2.75, 3.05) is 84.8 Å². The molecule has 1 unspecified atom stereocenters. The first-order valence-electron chi connectivity index (χ1n) is 13.0. The highest BCUT2D eigenvalue weighted by Crippen LogP contribution is 2.24. The maximum absolute atomic E-state index is 12.7. The molecule has 16 nitrogen and oxygen atoms in total. The quantitative estimate of drug-likeness (QED) is 0.106. The summed E-state index contributed by atoms with van der Waals surface area (Å²) in [4.78, 5) is 59.9. The Kier molecular flexibility index (Phi) is 14.7. The van der Waals surface area contributed by atoms with E-state index in [4.69, 9.17) is 5.11 Å². The van der Waals surface area contributed by atoms with Crippen molar-refractivity contribution in [3.05, 3.63) is 22.6 Å². The number of allylic oxidation sites excluding steroid dienone is 2. The van der Waals surface area contributed by atoms with Gasteiger partial charge in [-0.3, -0.25) is 29.2 Å². The zero-order valence-electron chi connectivity index (χ0n) is 22.7. The fraction of sp³-hybridized carbons (Fsp3) is 0.696. The topological polar surface area (TPSA) is 232 Å². The Morgan fingerprint density at radius 3 is 1.80 bits per heavy atom. The highest BCUT2D eigenvalue weighted by molar-refractivity contribution is 7.93. The highest BCUT2D eigenvalue weighted by Gasteiger charge is 2.25. The lowest BCUT2D eigenvalue weighted by molar-refractivity contribution is -0.139. The standard InChI is InChI=1S/C23H40N5O11PS/c29-19(13-24-41(38,39)20-3-1-2-18(12-20)23(34)35)14-25-4-6-26(15-21(30)31)8-10-28(17-40(36)37)11-9-27(7-5-25)16-22(32)33/h2,12,19,24,29,36-37H,1,3-11,13-17H2,(H,30,31)(H,32,33)(H,34,35). The van der Waals surface area contributed by atoms with Gasteiger partial charge in [0.25, 0.3) is 0 Å². The molecule has 7 N–H and O–H groups in total. The fourth-order valence-corrected chi connectivity index (χ4v) is 6.38. The predicted octanol–water partition coefficient (Wildman–Crippen LogP) is -2.40. The van der Waals surface area contributed by atoms with Gasteiger partial charge in [-0.25, -0.2) is 17.9 Å². The van der Waals surface area contributed by atoms with Gasteiger partial charge in [-0.05, 0) is 18.9 Å². The summed E-state index contributed by atoms with van der Waals surface area (Å²) < 4.78 is 27.7. The number of carboxylic acids is 3. The number of aliphatic hydroxyl groups excluding tert-OH is 1. The van der Waals surface area contributed by atoms with E-state index in [-0.39, 0.29) is 68.9 Å². The van der Waals surface area contributed by atoms with Crippen LogP contribution in [0.25, 0.3) is 0 Å². The van der Waals surface area contributed by atoms with E-state index in [1.807, 2.05) is 0 Å². The van der Waals surface area contributed by atoms with Crippen molar-refractivity contribution in [2.24, 2.45) is 0 Å². The molecule has 18 heteroatoms. The van der Waals surface area contributed by atoms with Gasteiger partial charge in [-0.1, -0.05) is 6.08 Å². The fourth-order valence-electron chi connectivity index (χ4n) is 4.48. The smallest absolute Gasteiger partial charge is 0.335 e. The second-order valence-corrected chi connectivity index (χ2v) is 12.7. The third-order valence-corrected chi connectivity index (χ3v) is 8.83. The molecule has 41 heavy (non-hydrogen) atoms. The van der Waals surface area contributed by atoms with E-state index in [2.05, 4.69) is 4.72 Å². The molecule has 0 aromatic heterocycles. The summed E-state index contributed by atoms with van der Waals surface area (Å²) in [5, 5.41) is 38.5. The van der Waals surface area contributed by atoms with Crippen LogP contribution < -0.4 is 4.72 Å². The summed E-state index contributed by atoms with van der Waals surface area (Å²) in [6.07, 6.45) is 1.72. The van der Waals surface area contributed by atoms with E-state index in [0.29, 0.717) is 39.3 Å². The number of hydrogen-bond acceptors (Lipinski definition) is 12. The van der Waals surface area contributed by atoms with Crippen LogP contribution in [0.4, 0.5) is 0 Å². The van der Waals surface area contributed by atoms with Crippen LogP contribution in [0.15, 0.2) is 22.6 Å². The number of carboxylic acid groups (broad SMARTS) is 3. The molecule has 2 aliphatic rings. The summed E-state index contributed by atoms with van der Waals surface area (Å²) in [5.41, 5.74) is -0.120. The lowest BCUT2D eigenvalue weighted by Gasteiger charge is -2.34. The second kappa shape index (κ2) is 17.2. The van der Waals surface area contributed by atoms with Crippen LogP contribution in [-0.4, -0.2) is 167 Å². The van der Waals surface area contributed by atoms with Crippen molar-refractivity contribution in [3.63, 3.8) is 0 Å². The van der Waals surface area contributed by atoms with Gasteiger partial charge in [0.2, 0.25) is 10.0 Å². The molecule has 234 valence electrons. The number of nitrogens with zero attached hydrogens (tertiary/aromatic N) is 4. The first-order chi connectivity index (χ1) is 19.2. The Balaban J connectivity index is 2.09. The third-order valence-electron chi connectivity index (χ3n) is 6.62. The molecule has 0 saturated carbocycles. The summed E-state index contributed by atoms with van der Waals surface area (Å²) in [7, 11) is -6.27. The Bertz CT molecular complexity index is 1040. The van der Waals surface area contributed by atoms with Crippen LogP contribution >= 0.6 is 8.38 Å². The van der Waals surface area contributed by atoms with Gasteiger partial charge in [0.15, 0.2) is 8.38 Å². The third kappa shape index (κ3) is 13.6. The van der Waals surface area contributed by atoms with E-state index >= 15 is 0 Å². The minimum Gasteiger partial charge on any atom is -0.480 e. The largest absolute Gasteiger partial charge is 0.480 e. The molecular formula is C23H40N5O11PS. The minimum atomic E-state index is -4.03. The lowest BCUT2D eigenvalue weighted by atomic mass is 10.1. The molecule has 0 aromatic rings. The number of carbonyl (C=O) groups is 3. The number of sulfonamides is 1. The molecule has 1 aliphatic carbocycles. The molecule has 0 bridgehead atoms. The molecule has 0 spiro atoms. The summed E-state index contributed by atoms with van der Waals surface area (Å²) in [5.74, 6) is -3.32. The Morgan fingerprint density at radius 2 is 1.34 bits per heavy atom. The Morgan fingerprint density at radius 1 is 0.854 bits per heavy atom. The molecular weight excluding hydrogens is 585 g/mol. The van der Waals surface area contributed by atoms with Crippen molar-refractivity contribution >= 4 is 36.3 Å². The number of aliphatic carboxylic acids is 3. The van der Waals surface area contributed by atoms with Gasteiger partial charge in [-0.15, -0.1) is 0 Å². The normalized spacial score (nSPS) is 20.5. The maximum atomic E-state index is 12.7. The molecule has 0 aromatic carbocycles. The van der Waals surface area contributed by atoms with Crippen LogP contribution in [0, 0.1) is 0 Å².